The molecule has 142 valence electrons. The van der Waals surface area contributed by atoms with Crippen LogP contribution >= 0.6 is 36.4 Å². The molecule has 5 nitrogen and oxygen atoms in total. The topological polar surface area (TPSA) is 44.8 Å². The van der Waals surface area contributed by atoms with E-state index in [4.69, 9.17) is 16.3 Å². The standard InChI is InChI=1S/C17H24ClN3O2.2ClH/c1-13(14-4-2-3-5-15(14)18)20-7-9-21(10-8-20)17(22)16-12-23-11-6-19-16;;/h2-5,13,16,19H,6-12H2,1H3;2*1H. The predicted molar refractivity (Wildman–Crippen MR) is 105 cm³/mol. The van der Waals surface area contributed by atoms with Gasteiger partial charge in [0.2, 0.25) is 5.91 Å². The SMILES string of the molecule is CC(c1ccccc1Cl)N1CCN(C(=O)C2COCCN2)CC1.Cl.Cl. The van der Waals surface area contributed by atoms with Crippen LogP contribution in [0.1, 0.15) is 18.5 Å². The van der Waals surface area contributed by atoms with E-state index in [0.717, 1.165) is 43.3 Å². The predicted octanol–water partition coefficient (Wildman–Crippen LogP) is 2.38. The zero-order valence-corrected chi connectivity index (χ0v) is 16.7. The summed E-state index contributed by atoms with van der Waals surface area (Å²) < 4.78 is 5.39. The number of hydrogen-bond donors (Lipinski definition) is 1. The fourth-order valence-corrected chi connectivity index (χ4v) is 3.58. The molecule has 2 aliphatic rings. The van der Waals surface area contributed by atoms with E-state index in [2.05, 4.69) is 23.2 Å². The number of nitrogens with zero attached hydrogens (tertiary/aromatic N) is 2. The van der Waals surface area contributed by atoms with E-state index in [0.29, 0.717) is 13.2 Å². The van der Waals surface area contributed by atoms with Crippen molar-refractivity contribution >= 4 is 42.3 Å². The Labute approximate surface area is 166 Å². The van der Waals surface area contributed by atoms with Crippen molar-refractivity contribution in [3.63, 3.8) is 0 Å². The second-order valence-electron chi connectivity index (χ2n) is 6.14. The molecule has 2 aliphatic heterocycles. The average molecular weight is 411 g/mol. The Morgan fingerprint density at radius 2 is 1.92 bits per heavy atom. The van der Waals surface area contributed by atoms with Crippen LogP contribution in [-0.2, 0) is 9.53 Å². The number of hydrogen-bond acceptors (Lipinski definition) is 4. The minimum Gasteiger partial charge on any atom is -0.378 e. The maximum atomic E-state index is 12.5. The van der Waals surface area contributed by atoms with Crippen molar-refractivity contribution in [2.75, 3.05) is 45.9 Å². The van der Waals surface area contributed by atoms with Gasteiger partial charge in [0, 0.05) is 43.8 Å². The van der Waals surface area contributed by atoms with Gasteiger partial charge in [0.25, 0.3) is 0 Å². The molecule has 0 aliphatic carbocycles. The second-order valence-corrected chi connectivity index (χ2v) is 6.55. The lowest BCUT2D eigenvalue weighted by Crippen LogP contribution is -2.57. The van der Waals surface area contributed by atoms with Crippen LogP contribution in [0.5, 0.6) is 0 Å². The van der Waals surface area contributed by atoms with Gasteiger partial charge in [-0.25, -0.2) is 0 Å². The molecule has 2 heterocycles. The third-order valence-corrected chi connectivity index (χ3v) is 5.09. The van der Waals surface area contributed by atoms with Gasteiger partial charge in [-0.15, -0.1) is 24.8 Å². The maximum Gasteiger partial charge on any atom is 0.242 e. The molecule has 0 radical (unpaired) electrons. The normalized spacial score (nSPS) is 22.5. The number of nitrogens with one attached hydrogen (secondary N) is 1. The first kappa shape index (κ1) is 22.5. The summed E-state index contributed by atoms with van der Waals surface area (Å²) in [5.41, 5.74) is 1.15. The van der Waals surface area contributed by atoms with Gasteiger partial charge in [0.05, 0.1) is 13.2 Å². The van der Waals surface area contributed by atoms with Gasteiger partial charge in [-0.1, -0.05) is 29.8 Å². The maximum absolute atomic E-state index is 12.5. The fraction of sp³-hybridized carbons (Fsp3) is 0.588. The van der Waals surface area contributed by atoms with Gasteiger partial charge in [0.15, 0.2) is 0 Å². The van der Waals surface area contributed by atoms with Crippen LogP contribution in [0.15, 0.2) is 24.3 Å². The van der Waals surface area contributed by atoms with Crippen LogP contribution < -0.4 is 5.32 Å². The monoisotopic (exact) mass is 409 g/mol. The molecule has 25 heavy (non-hydrogen) atoms. The summed E-state index contributed by atoms with van der Waals surface area (Å²) in [6.07, 6.45) is 0. The first-order valence-electron chi connectivity index (χ1n) is 8.25. The first-order valence-corrected chi connectivity index (χ1v) is 8.63. The van der Waals surface area contributed by atoms with Crippen molar-refractivity contribution in [3.8, 4) is 0 Å². The van der Waals surface area contributed by atoms with Crippen LogP contribution in [0.25, 0.3) is 0 Å². The highest BCUT2D eigenvalue weighted by Crippen LogP contribution is 2.27. The van der Waals surface area contributed by atoms with Crippen LogP contribution in [0.3, 0.4) is 0 Å². The van der Waals surface area contributed by atoms with E-state index < -0.39 is 0 Å². The summed E-state index contributed by atoms with van der Waals surface area (Å²) >= 11 is 6.31. The molecule has 0 spiro atoms. The van der Waals surface area contributed by atoms with E-state index >= 15 is 0 Å². The largest absolute Gasteiger partial charge is 0.378 e. The number of halogens is 3. The number of carbonyl (C=O) groups is 1. The number of morpholine rings is 1. The molecule has 1 amide bonds. The van der Waals surface area contributed by atoms with Gasteiger partial charge >= 0.3 is 0 Å². The molecule has 0 aromatic heterocycles. The quantitative estimate of drug-likeness (QED) is 0.831. The highest BCUT2D eigenvalue weighted by Gasteiger charge is 2.30. The molecule has 2 unspecified atom stereocenters. The Balaban J connectivity index is 0.00000156. The van der Waals surface area contributed by atoms with E-state index in [1.54, 1.807) is 0 Å². The van der Waals surface area contributed by atoms with Crippen molar-refractivity contribution in [2.45, 2.75) is 19.0 Å². The number of ether oxygens (including phenoxy) is 1. The molecule has 1 aromatic rings. The van der Waals surface area contributed by atoms with E-state index in [1.807, 2.05) is 23.1 Å². The Hall–Kier alpha value is -0.560. The molecular formula is C17H26Cl3N3O2. The number of amides is 1. The molecule has 1 aromatic carbocycles. The number of carbonyl (C=O) groups excluding carboxylic acids is 1. The fourth-order valence-electron chi connectivity index (χ4n) is 3.28. The molecule has 0 bridgehead atoms. The summed E-state index contributed by atoms with van der Waals surface area (Å²) in [4.78, 5) is 16.8. The third-order valence-electron chi connectivity index (χ3n) is 4.75. The first-order chi connectivity index (χ1) is 11.2. The molecule has 2 saturated heterocycles. The zero-order chi connectivity index (χ0) is 16.2. The van der Waals surface area contributed by atoms with Gasteiger partial charge in [0.1, 0.15) is 6.04 Å². The lowest BCUT2D eigenvalue weighted by Gasteiger charge is -2.40. The number of rotatable bonds is 3. The Morgan fingerprint density at radius 1 is 1.24 bits per heavy atom. The highest BCUT2D eigenvalue weighted by atomic mass is 35.5. The Morgan fingerprint density at radius 3 is 2.52 bits per heavy atom. The van der Waals surface area contributed by atoms with Crippen LogP contribution in [-0.4, -0.2) is 67.7 Å². The van der Waals surface area contributed by atoms with Crippen molar-refractivity contribution in [2.24, 2.45) is 0 Å². The summed E-state index contributed by atoms with van der Waals surface area (Å²) in [5, 5.41) is 4.04. The molecule has 0 saturated carbocycles. The Bertz CT molecular complexity index is 548. The second kappa shape index (κ2) is 10.6. The third kappa shape index (κ3) is 5.46. The van der Waals surface area contributed by atoms with Crippen LogP contribution in [0, 0.1) is 0 Å². The lowest BCUT2D eigenvalue weighted by atomic mass is 10.1. The zero-order valence-electron chi connectivity index (χ0n) is 14.3. The van der Waals surface area contributed by atoms with Crippen molar-refractivity contribution in [3.05, 3.63) is 34.9 Å². The van der Waals surface area contributed by atoms with Gasteiger partial charge in [-0.3, -0.25) is 9.69 Å². The van der Waals surface area contributed by atoms with Crippen molar-refractivity contribution in [1.82, 2.24) is 15.1 Å². The number of benzene rings is 1. The summed E-state index contributed by atoms with van der Waals surface area (Å²) in [5.74, 6) is 0.162. The van der Waals surface area contributed by atoms with Crippen LogP contribution in [0.4, 0.5) is 0 Å². The van der Waals surface area contributed by atoms with E-state index in [9.17, 15) is 4.79 Å². The minimum atomic E-state index is -0.184. The highest BCUT2D eigenvalue weighted by molar-refractivity contribution is 6.31. The Kier molecular flexibility index (Phi) is 9.49. The van der Waals surface area contributed by atoms with Crippen molar-refractivity contribution in [1.29, 1.82) is 0 Å². The molecule has 8 heteroatoms. The summed E-state index contributed by atoms with van der Waals surface area (Å²) in [6.45, 7) is 7.34. The molecular weight excluding hydrogens is 385 g/mol. The average Bonchev–Trinajstić information content (AvgIpc) is 2.62. The molecule has 1 N–H and O–H groups in total. The van der Waals surface area contributed by atoms with Gasteiger partial charge in [-0.05, 0) is 18.6 Å². The van der Waals surface area contributed by atoms with Crippen molar-refractivity contribution < 1.29 is 9.53 Å². The smallest absolute Gasteiger partial charge is 0.242 e. The van der Waals surface area contributed by atoms with Gasteiger partial charge < -0.3 is 15.0 Å². The molecule has 2 fully saturated rings. The van der Waals surface area contributed by atoms with Gasteiger partial charge in [-0.2, -0.15) is 0 Å². The molecule has 2 atom stereocenters. The molecule has 3 rings (SSSR count). The summed E-state index contributed by atoms with van der Waals surface area (Å²) in [7, 11) is 0. The minimum absolute atomic E-state index is 0. The van der Waals surface area contributed by atoms with Crippen LogP contribution in [0.2, 0.25) is 5.02 Å². The van der Waals surface area contributed by atoms with E-state index in [1.165, 1.54) is 0 Å². The van der Waals surface area contributed by atoms with E-state index in [-0.39, 0.29) is 42.8 Å². The lowest BCUT2D eigenvalue weighted by molar-refractivity contribution is -0.138. The summed E-state index contributed by atoms with van der Waals surface area (Å²) in [6, 6.07) is 8.06. The number of piperazine rings is 1.